The molecule has 2 aliphatic rings. The number of nitrogens with one attached hydrogen (secondary N) is 1. The molecule has 100 valence electrons. The molecule has 4 heteroatoms. The second kappa shape index (κ2) is 4.56. The van der Waals surface area contributed by atoms with Crippen LogP contribution in [0.15, 0.2) is 0 Å². The zero-order valence-electron chi connectivity index (χ0n) is 11.4. The summed E-state index contributed by atoms with van der Waals surface area (Å²) < 4.78 is 5.67. The van der Waals surface area contributed by atoms with E-state index in [1.165, 1.54) is 0 Å². The van der Waals surface area contributed by atoms with E-state index in [0.717, 1.165) is 6.42 Å². The summed E-state index contributed by atoms with van der Waals surface area (Å²) in [5.74, 6) is 5.84. The van der Waals surface area contributed by atoms with Crippen LogP contribution in [0.2, 0.25) is 0 Å². The number of nitrogens with two attached hydrogens (primary N) is 1. The Labute approximate surface area is 109 Å². The number of amides is 1. The molecule has 18 heavy (non-hydrogen) atoms. The number of rotatable bonds is 3. The number of hydrogen-bond donors (Lipinski definition) is 2. The summed E-state index contributed by atoms with van der Waals surface area (Å²) in [6, 6.07) is 0. The van der Waals surface area contributed by atoms with Crippen LogP contribution in [0.25, 0.3) is 0 Å². The van der Waals surface area contributed by atoms with Gasteiger partial charge in [-0.05, 0) is 13.3 Å². The van der Waals surface area contributed by atoms with E-state index in [1.807, 2.05) is 13.8 Å². The summed E-state index contributed by atoms with van der Waals surface area (Å²) >= 11 is 0. The molecule has 0 aromatic carbocycles. The molecule has 1 aliphatic heterocycles. The van der Waals surface area contributed by atoms with Gasteiger partial charge in [0.25, 0.3) is 0 Å². The lowest BCUT2D eigenvalue weighted by Gasteiger charge is -2.60. The van der Waals surface area contributed by atoms with Gasteiger partial charge in [0.1, 0.15) is 5.54 Å². The minimum atomic E-state index is -0.798. The Morgan fingerprint density at radius 3 is 2.94 bits per heavy atom. The molecule has 1 saturated carbocycles. The normalized spacial score (nSPS) is 36.0. The van der Waals surface area contributed by atoms with Gasteiger partial charge in [-0.15, -0.1) is 11.8 Å². The summed E-state index contributed by atoms with van der Waals surface area (Å²) in [7, 11) is 0. The van der Waals surface area contributed by atoms with E-state index in [2.05, 4.69) is 17.2 Å². The van der Waals surface area contributed by atoms with Crippen LogP contribution in [-0.2, 0) is 9.53 Å². The zero-order chi connectivity index (χ0) is 13.4. The molecule has 3 atom stereocenters. The van der Waals surface area contributed by atoms with Crippen molar-refractivity contribution in [1.82, 2.24) is 5.32 Å². The van der Waals surface area contributed by atoms with E-state index in [1.54, 1.807) is 6.92 Å². The molecular weight excluding hydrogens is 228 g/mol. The van der Waals surface area contributed by atoms with Gasteiger partial charge in [0.05, 0.1) is 6.10 Å². The van der Waals surface area contributed by atoms with Crippen molar-refractivity contribution >= 4 is 5.91 Å². The summed E-state index contributed by atoms with van der Waals surface area (Å²) in [5.41, 5.74) is 5.30. The third-order valence-corrected chi connectivity index (χ3v) is 4.54. The SMILES string of the molecule is CC#CCCNC(=O)C1(N)C2CCOC2C1(C)C. The van der Waals surface area contributed by atoms with Crippen molar-refractivity contribution in [3.8, 4) is 11.8 Å². The van der Waals surface area contributed by atoms with E-state index in [0.29, 0.717) is 19.6 Å². The molecule has 1 heterocycles. The minimum Gasteiger partial charge on any atom is -0.377 e. The zero-order valence-corrected chi connectivity index (χ0v) is 11.4. The van der Waals surface area contributed by atoms with Crippen LogP contribution in [0.3, 0.4) is 0 Å². The fourth-order valence-electron chi connectivity index (χ4n) is 3.36. The van der Waals surface area contributed by atoms with Crippen LogP contribution in [0.1, 0.15) is 33.6 Å². The standard InChI is InChI=1S/C14H22N2O2/c1-4-5-6-8-16-12(17)14(15)10-7-9-18-11(10)13(14,2)3/h10-11H,6-9,15H2,1-3H3,(H,16,17). The third-order valence-electron chi connectivity index (χ3n) is 4.54. The third kappa shape index (κ3) is 1.65. The van der Waals surface area contributed by atoms with Gasteiger partial charge in [-0.1, -0.05) is 13.8 Å². The summed E-state index contributed by atoms with van der Waals surface area (Å²) in [5, 5.41) is 2.91. The predicted octanol–water partition coefficient (Wildman–Crippen LogP) is 0.658. The number of ether oxygens (including phenoxy) is 1. The van der Waals surface area contributed by atoms with Crippen LogP contribution >= 0.6 is 0 Å². The highest BCUT2D eigenvalue weighted by Gasteiger charge is 2.71. The minimum absolute atomic E-state index is 0.0582. The monoisotopic (exact) mass is 250 g/mol. The van der Waals surface area contributed by atoms with Gasteiger partial charge in [0.2, 0.25) is 5.91 Å². The summed E-state index contributed by atoms with van der Waals surface area (Å²) in [6.07, 6.45) is 1.68. The van der Waals surface area contributed by atoms with E-state index < -0.39 is 5.54 Å². The maximum atomic E-state index is 12.3. The summed E-state index contributed by atoms with van der Waals surface area (Å²) in [6.45, 7) is 7.11. The number of fused-ring (bicyclic) bond motifs is 1. The van der Waals surface area contributed by atoms with E-state index in [4.69, 9.17) is 10.5 Å². The highest BCUT2D eigenvalue weighted by molar-refractivity contribution is 5.89. The topological polar surface area (TPSA) is 64.4 Å². The Bertz CT molecular complexity index is 408. The molecule has 1 aliphatic carbocycles. The molecule has 2 fully saturated rings. The van der Waals surface area contributed by atoms with Gasteiger partial charge >= 0.3 is 0 Å². The van der Waals surface area contributed by atoms with Crippen LogP contribution in [-0.4, -0.2) is 30.7 Å². The van der Waals surface area contributed by atoms with Gasteiger partial charge < -0.3 is 15.8 Å². The smallest absolute Gasteiger partial charge is 0.241 e. The first-order valence-corrected chi connectivity index (χ1v) is 6.54. The fraction of sp³-hybridized carbons (Fsp3) is 0.786. The van der Waals surface area contributed by atoms with Gasteiger partial charge in [-0.25, -0.2) is 0 Å². The Hall–Kier alpha value is -1.05. The molecule has 2 rings (SSSR count). The Balaban J connectivity index is 2.01. The highest BCUT2D eigenvalue weighted by atomic mass is 16.5. The van der Waals surface area contributed by atoms with Crippen molar-refractivity contribution in [3.63, 3.8) is 0 Å². The molecule has 1 saturated heterocycles. The average molecular weight is 250 g/mol. The molecule has 0 radical (unpaired) electrons. The Morgan fingerprint density at radius 1 is 1.56 bits per heavy atom. The van der Waals surface area contributed by atoms with Crippen molar-refractivity contribution < 1.29 is 9.53 Å². The van der Waals surface area contributed by atoms with E-state index in [-0.39, 0.29) is 23.3 Å². The van der Waals surface area contributed by atoms with Gasteiger partial charge in [0, 0.05) is 30.9 Å². The van der Waals surface area contributed by atoms with Crippen molar-refractivity contribution in [2.24, 2.45) is 17.1 Å². The quantitative estimate of drug-likeness (QED) is 0.571. The van der Waals surface area contributed by atoms with Gasteiger partial charge in [-0.2, -0.15) is 0 Å². The van der Waals surface area contributed by atoms with Crippen LogP contribution in [0.5, 0.6) is 0 Å². The number of carbonyl (C=O) groups is 1. The molecule has 0 spiro atoms. The fourth-order valence-corrected chi connectivity index (χ4v) is 3.36. The van der Waals surface area contributed by atoms with Gasteiger partial charge in [0.15, 0.2) is 0 Å². The van der Waals surface area contributed by atoms with Crippen molar-refractivity contribution in [2.75, 3.05) is 13.2 Å². The molecule has 0 aromatic rings. The van der Waals surface area contributed by atoms with Crippen LogP contribution < -0.4 is 11.1 Å². The Kier molecular flexibility index (Phi) is 3.39. The van der Waals surface area contributed by atoms with Crippen LogP contribution in [0, 0.1) is 23.2 Å². The first-order chi connectivity index (χ1) is 8.46. The number of carbonyl (C=O) groups excluding carboxylic acids is 1. The van der Waals surface area contributed by atoms with Crippen molar-refractivity contribution in [2.45, 2.75) is 45.3 Å². The maximum Gasteiger partial charge on any atom is 0.241 e. The van der Waals surface area contributed by atoms with E-state index in [9.17, 15) is 4.79 Å². The molecule has 0 aromatic heterocycles. The van der Waals surface area contributed by atoms with Crippen molar-refractivity contribution in [1.29, 1.82) is 0 Å². The molecular formula is C14H22N2O2. The van der Waals surface area contributed by atoms with Gasteiger partial charge in [-0.3, -0.25) is 4.79 Å². The first kappa shape index (κ1) is 13.4. The second-order valence-corrected chi connectivity index (χ2v) is 5.71. The molecule has 1 amide bonds. The van der Waals surface area contributed by atoms with Crippen LogP contribution in [0.4, 0.5) is 0 Å². The molecule has 0 bridgehead atoms. The maximum absolute atomic E-state index is 12.3. The predicted molar refractivity (Wildman–Crippen MR) is 69.6 cm³/mol. The second-order valence-electron chi connectivity index (χ2n) is 5.71. The number of hydrogen-bond acceptors (Lipinski definition) is 3. The first-order valence-electron chi connectivity index (χ1n) is 6.54. The lowest BCUT2D eigenvalue weighted by Crippen LogP contribution is -2.80. The molecule has 3 N–H and O–H groups in total. The van der Waals surface area contributed by atoms with Crippen molar-refractivity contribution in [3.05, 3.63) is 0 Å². The largest absolute Gasteiger partial charge is 0.377 e. The average Bonchev–Trinajstić information content (AvgIpc) is 2.81. The molecule has 3 unspecified atom stereocenters. The summed E-state index contributed by atoms with van der Waals surface area (Å²) in [4.78, 5) is 12.3. The Morgan fingerprint density at radius 2 is 2.28 bits per heavy atom. The lowest BCUT2D eigenvalue weighted by atomic mass is 9.48. The lowest BCUT2D eigenvalue weighted by molar-refractivity contribution is -0.175. The van der Waals surface area contributed by atoms with E-state index >= 15 is 0 Å². The highest BCUT2D eigenvalue weighted by Crippen LogP contribution is 2.58. The molecule has 4 nitrogen and oxygen atoms in total.